The van der Waals surface area contributed by atoms with E-state index in [0.717, 1.165) is 32.3 Å². The fourth-order valence-corrected chi connectivity index (χ4v) is 2.99. The number of carbonyl (C=O) groups excluding carboxylic acids is 1. The van der Waals surface area contributed by atoms with E-state index in [1.165, 1.54) is 12.8 Å². The lowest BCUT2D eigenvalue weighted by molar-refractivity contribution is -0.129. The largest absolute Gasteiger partial charge is 0.381 e. The average molecular weight is 290 g/mol. The van der Waals surface area contributed by atoms with Crippen LogP contribution in [0.3, 0.4) is 0 Å². The maximum atomic E-state index is 11.9. The number of halogens is 1. The maximum Gasteiger partial charge on any atom is 0.225 e. The molecule has 1 N–H and O–H groups in total. The fraction of sp³-hybridized carbons (Fsp3) is 0.917. The molecular formula is C12H20BrNO2. The van der Waals surface area contributed by atoms with Crippen LogP contribution >= 0.6 is 15.9 Å². The molecule has 0 aromatic carbocycles. The molecule has 1 amide bonds. The number of hydrogen-bond donors (Lipinski definition) is 1. The van der Waals surface area contributed by atoms with Crippen LogP contribution in [0.1, 0.15) is 38.5 Å². The molecule has 1 atom stereocenters. The van der Waals surface area contributed by atoms with E-state index in [2.05, 4.69) is 21.2 Å². The molecule has 2 fully saturated rings. The van der Waals surface area contributed by atoms with Crippen LogP contribution in [0.5, 0.6) is 0 Å². The zero-order valence-corrected chi connectivity index (χ0v) is 11.2. The molecule has 2 aliphatic rings. The lowest BCUT2D eigenvalue weighted by Gasteiger charge is -2.29. The molecule has 0 radical (unpaired) electrons. The lowest BCUT2D eigenvalue weighted by atomic mass is 9.94. The predicted octanol–water partition coefficient (Wildman–Crippen LogP) is 2.24. The van der Waals surface area contributed by atoms with Crippen molar-refractivity contribution in [2.45, 2.75) is 49.4 Å². The predicted molar refractivity (Wildman–Crippen MR) is 66.7 cm³/mol. The van der Waals surface area contributed by atoms with E-state index in [1.807, 2.05) is 0 Å². The first kappa shape index (κ1) is 12.4. The van der Waals surface area contributed by atoms with E-state index >= 15 is 0 Å². The van der Waals surface area contributed by atoms with Gasteiger partial charge in [-0.05, 0) is 38.5 Å². The first-order valence-corrected chi connectivity index (χ1v) is 7.19. The number of ether oxygens (including phenoxy) is 1. The summed E-state index contributed by atoms with van der Waals surface area (Å²) in [4.78, 5) is 12.6. The third-order valence-corrected chi connectivity index (χ3v) is 4.45. The molecule has 16 heavy (non-hydrogen) atoms. The fourth-order valence-electron chi connectivity index (χ4n) is 2.46. The van der Waals surface area contributed by atoms with Crippen molar-refractivity contribution in [2.75, 3.05) is 13.2 Å². The Hall–Kier alpha value is -0.0900. The van der Waals surface area contributed by atoms with Crippen LogP contribution in [0.25, 0.3) is 0 Å². The summed E-state index contributed by atoms with van der Waals surface area (Å²) in [5.74, 6) is 0.299. The Morgan fingerprint density at radius 3 is 2.56 bits per heavy atom. The van der Waals surface area contributed by atoms with Crippen LogP contribution in [0.15, 0.2) is 0 Å². The molecule has 1 aliphatic heterocycles. The highest BCUT2D eigenvalue weighted by atomic mass is 79.9. The van der Waals surface area contributed by atoms with Gasteiger partial charge in [-0.1, -0.05) is 15.9 Å². The van der Waals surface area contributed by atoms with Crippen molar-refractivity contribution in [3.63, 3.8) is 0 Å². The molecule has 1 aliphatic carbocycles. The van der Waals surface area contributed by atoms with Gasteiger partial charge in [0.2, 0.25) is 5.91 Å². The Bertz CT molecular complexity index is 233. The van der Waals surface area contributed by atoms with Gasteiger partial charge in [-0.15, -0.1) is 0 Å². The van der Waals surface area contributed by atoms with Crippen LogP contribution in [-0.2, 0) is 9.53 Å². The topological polar surface area (TPSA) is 38.3 Å². The Labute approximate surface area is 105 Å². The maximum absolute atomic E-state index is 11.9. The van der Waals surface area contributed by atoms with Gasteiger partial charge in [0.15, 0.2) is 0 Å². The molecule has 0 bridgehead atoms. The Morgan fingerprint density at radius 1 is 1.19 bits per heavy atom. The Balaban J connectivity index is 1.73. The highest BCUT2D eigenvalue weighted by Gasteiger charge is 2.26. The van der Waals surface area contributed by atoms with E-state index in [0.29, 0.717) is 17.5 Å². The third kappa shape index (κ3) is 3.45. The van der Waals surface area contributed by atoms with Gasteiger partial charge < -0.3 is 10.1 Å². The standard InChI is InChI=1S/C12H20BrNO2/c13-10-3-5-11(6-4-10)14-12(15)9-2-1-7-16-8-9/h9-11H,1-8H2,(H,14,15). The Kier molecular flexibility index (Phi) is 4.65. The highest BCUT2D eigenvalue weighted by Crippen LogP contribution is 2.24. The minimum absolute atomic E-state index is 0.0930. The normalized spacial score (nSPS) is 35.7. The van der Waals surface area contributed by atoms with Crippen LogP contribution in [0, 0.1) is 5.92 Å². The van der Waals surface area contributed by atoms with Gasteiger partial charge in [0.1, 0.15) is 0 Å². The van der Waals surface area contributed by atoms with E-state index in [-0.39, 0.29) is 11.8 Å². The van der Waals surface area contributed by atoms with Crippen molar-refractivity contribution in [3.05, 3.63) is 0 Å². The smallest absolute Gasteiger partial charge is 0.225 e. The minimum atomic E-state index is 0.0930. The number of nitrogens with one attached hydrogen (secondary N) is 1. The van der Waals surface area contributed by atoms with E-state index < -0.39 is 0 Å². The molecule has 1 saturated heterocycles. The number of carbonyl (C=O) groups is 1. The summed E-state index contributed by atoms with van der Waals surface area (Å²) in [5, 5.41) is 3.17. The van der Waals surface area contributed by atoms with Crippen LogP contribution in [-0.4, -0.2) is 30.0 Å². The first-order chi connectivity index (χ1) is 7.75. The van der Waals surface area contributed by atoms with Crippen molar-refractivity contribution >= 4 is 21.8 Å². The molecule has 1 unspecified atom stereocenters. The van der Waals surface area contributed by atoms with Gasteiger partial charge in [-0.3, -0.25) is 4.79 Å². The quantitative estimate of drug-likeness (QED) is 0.792. The van der Waals surface area contributed by atoms with E-state index in [9.17, 15) is 4.79 Å². The van der Waals surface area contributed by atoms with Crippen LogP contribution < -0.4 is 5.32 Å². The van der Waals surface area contributed by atoms with Crippen molar-refractivity contribution in [1.29, 1.82) is 0 Å². The molecule has 1 saturated carbocycles. The zero-order valence-electron chi connectivity index (χ0n) is 9.58. The number of amides is 1. The number of alkyl halides is 1. The molecule has 0 spiro atoms. The molecular weight excluding hydrogens is 270 g/mol. The van der Waals surface area contributed by atoms with Gasteiger partial charge in [0.25, 0.3) is 0 Å². The average Bonchev–Trinajstić information content (AvgIpc) is 2.33. The van der Waals surface area contributed by atoms with Crippen molar-refractivity contribution < 1.29 is 9.53 Å². The van der Waals surface area contributed by atoms with Crippen molar-refractivity contribution in [3.8, 4) is 0 Å². The first-order valence-electron chi connectivity index (χ1n) is 6.28. The van der Waals surface area contributed by atoms with Crippen LogP contribution in [0.4, 0.5) is 0 Å². The Morgan fingerprint density at radius 2 is 1.94 bits per heavy atom. The summed E-state index contributed by atoms with van der Waals surface area (Å²) >= 11 is 3.63. The monoisotopic (exact) mass is 289 g/mol. The van der Waals surface area contributed by atoms with Crippen molar-refractivity contribution in [1.82, 2.24) is 5.32 Å². The SMILES string of the molecule is O=C(NC1CCC(Br)CC1)C1CCCOC1. The van der Waals surface area contributed by atoms with E-state index in [1.54, 1.807) is 0 Å². The molecule has 0 aromatic heterocycles. The molecule has 92 valence electrons. The number of hydrogen-bond acceptors (Lipinski definition) is 2. The summed E-state index contributed by atoms with van der Waals surface area (Å²) < 4.78 is 5.34. The second-order valence-corrected chi connectivity index (χ2v) is 6.17. The summed E-state index contributed by atoms with van der Waals surface area (Å²) in [5.41, 5.74) is 0. The zero-order chi connectivity index (χ0) is 11.4. The van der Waals surface area contributed by atoms with E-state index in [4.69, 9.17) is 4.74 Å². The second-order valence-electron chi connectivity index (χ2n) is 4.87. The van der Waals surface area contributed by atoms with Gasteiger partial charge in [0, 0.05) is 17.5 Å². The molecule has 4 heteroatoms. The highest BCUT2D eigenvalue weighted by molar-refractivity contribution is 9.09. The molecule has 3 nitrogen and oxygen atoms in total. The van der Waals surface area contributed by atoms with Crippen molar-refractivity contribution in [2.24, 2.45) is 5.92 Å². The lowest BCUT2D eigenvalue weighted by Crippen LogP contribution is -2.43. The van der Waals surface area contributed by atoms with Gasteiger partial charge >= 0.3 is 0 Å². The second kappa shape index (κ2) is 6.01. The molecule has 1 heterocycles. The third-order valence-electron chi connectivity index (χ3n) is 3.53. The summed E-state index contributed by atoms with van der Waals surface area (Å²) in [6, 6.07) is 0.392. The molecule has 2 rings (SSSR count). The summed E-state index contributed by atoms with van der Waals surface area (Å²) in [6.07, 6.45) is 6.56. The van der Waals surface area contributed by atoms with Gasteiger partial charge in [0.05, 0.1) is 12.5 Å². The summed E-state index contributed by atoms with van der Waals surface area (Å²) in [6.45, 7) is 1.43. The van der Waals surface area contributed by atoms with Gasteiger partial charge in [-0.2, -0.15) is 0 Å². The van der Waals surface area contributed by atoms with Gasteiger partial charge in [-0.25, -0.2) is 0 Å². The number of rotatable bonds is 2. The summed E-state index contributed by atoms with van der Waals surface area (Å²) in [7, 11) is 0. The minimum Gasteiger partial charge on any atom is -0.381 e. The van der Waals surface area contributed by atoms with Crippen LogP contribution in [0.2, 0.25) is 0 Å². The molecule has 0 aromatic rings.